The maximum atomic E-state index is 12.7. The number of aryl methyl sites for hydroxylation is 1. The summed E-state index contributed by atoms with van der Waals surface area (Å²) in [6.45, 7) is 3.53. The fraction of sp³-hybridized carbons (Fsp3) is 0.533. The van der Waals surface area contributed by atoms with Crippen molar-refractivity contribution in [3.63, 3.8) is 0 Å². The third-order valence-corrected chi connectivity index (χ3v) is 5.08. The molecule has 3 heterocycles. The summed E-state index contributed by atoms with van der Waals surface area (Å²) in [5, 5.41) is 9.12. The van der Waals surface area contributed by atoms with Gasteiger partial charge in [-0.3, -0.25) is 4.79 Å². The van der Waals surface area contributed by atoms with E-state index in [4.69, 9.17) is 5.14 Å². The van der Waals surface area contributed by atoms with Crippen LogP contribution in [0.2, 0.25) is 0 Å². The van der Waals surface area contributed by atoms with Gasteiger partial charge in [-0.15, -0.1) is 0 Å². The van der Waals surface area contributed by atoms with Crippen LogP contribution in [-0.4, -0.2) is 53.5 Å². The van der Waals surface area contributed by atoms with Crippen molar-refractivity contribution in [1.29, 1.82) is 0 Å². The minimum Gasteiger partial charge on any atom is -0.338 e. The van der Waals surface area contributed by atoms with Crippen molar-refractivity contribution in [2.45, 2.75) is 26.2 Å². The number of hydrogen-bond donors (Lipinski definition) is 2. The Morgan fingerprint density at radius 1 is 1.36 bits per heavy atom. The van der Waals surface area contributed by atoms with E-state index in [1.807, 2.05) is 18.0 Å². The van der Waals surface area contributed by atoms with Gasteiger partial charge in [0.25, 0.3) is 16.1 Å². The van der Waals surface area contributed by atoms with Crippen LogP contribution in [0.25, 0.3) is 5.65 Å². The smallest absolute Gasteiger partial charge is 0.274 e. The number of fused-ring (bicyclic) bond motifs is 1. The summed E-state index contributed by atoms with van der Waals surface area (Å²) in [4.78, 5) is 18.9. The van der Waals surface area contributed by atoms with Gasteiger partial charge in [-0.05, 0) is 37.7 Å². The molecule has 1 amide bonds. The molecule has 1 aliphatic heterocycles. The number of nitrogens with two attached hydrogens (primary N) is 1. The highest BCUT2D eigenvalue weighted by atomic mass is 32.2. The Morgan fingerprint density at radius 3 is 2.76 bits per heavy atom. The average Bonchev–Trinajstić information content (AvgIpc) is 2.96. The van der Waals surface area contributed by atoms with Crippen LogP contribution in [0.15, 0.2) is 18.6 Å². The molecular formula is C15H22N6O3S. The Hall–Kier alpha value is -2.04. The van der Waals surface area contributed by atoms with Gasteiger partial charge in [0.1, 0.15) is 5.56 Å². The fourth-order valence-electron chi connectivity index (χ4n) is 3.12. The maximum absolute atomic E-state index is 12.7. The second-order valence-corrected chi connectivity index (χ2v) is 7.80. The van der Waals surface area contributed by atoms with E-state index in [-0.39, 0.29) is 5.91 Å². The topological polar surface area (TPSA) is 123 Å². The van der Waals surface area contributed by atoms with Crippen molar-refractivity contribution in [1.82, 2.24) is 24.2 Å². The predicted octanol–water partition coefficient (Wildman–Crippen LogP) is 0.0731. The Bertz CT molecular complexity index is 871. The molecule has 0 bridgehead atoms. The number of rotatable bonds is 5. The summed E-state index contributed by atoms with van der Waals surface area (Å²) in [6.07, 6.45) is 7.51. The molecule has 3 N–H and O–H groups in total. The molecule has 1 fully saturated rings. The summed E-state index contributed by atoms with van der Waals surface area (Å²) in [7, 11) is -3.63. The lowest BCUT2D eigenvalue weighted by molar-refractivity contribution is 0.0689. The zero-order valence-electron chi connectivity index (χ0n) is 14.1. The van der Waals surface area contributed by atoms with Gasteiger partial charge in [0.2, 0.25) is 0 Å². The number of hydrogen-bond acceptors (Lipinski definition) is 5. The first-order valence-corrected chi connectivity index (χ1v) is 9.75. The molecule has 0 atom stereocenters. The lowest BCUT2D eigenvalue weighted by Crippen LogP contribution is -2.39. The van der Waals surface area contributed by atoms with E-state index in [9.17, 15) is 13.2 Å². The summed E-state index contributed by atoms with van der Waals surface area (Å²) in [6, 6.07) is 0. The van der Waals surface area contributed by atoms with Gasteiger partial charge in [0.05, 0.1) is 6.20 Å². The first-order chi connectivity index (χ1) is 11.8. The van der Waals surface area contributed by atoms with E-state index < -0.39 is 10.2 Å². The summed E-state index contributed by atoms with van der Waals surface area (Å²) >= 11 is 0. The number of likely N-dealkylation sites (tertiary alicyclic amines) is 1. The van der Waals surface area contributed by atoms with Crippen LogP contribution in [0.3, 0.4) is 0 Å². The zero-order chi connectivity index (χ0) is 18.0. The number of nitrogens with zero attached hydrogens (tertiary/aromatic N) is 4. The van der Waals surface area contributed by atoms with Gasteiger partial charge in [-0.1, -0.05) is 0 Å². The first-order valence-electron chi connectivity index (χ1n) is 8.20. The lowest BCUT2D eigenvalue weighted by Gasteiger charge is -2.31. The van der Waals surface area contributed by atoms with Crippen LogP contribution >= 0.6 is 0 Å². The van der Waals surface area contributed by atoms with Crippen molar-refractivity contribution >= 4 is 21.8 Å². The molecule has 0 spiro atoms. The number of carbonyl (C=O) groups excluding carboxylic acids is 1. The number of aromatic nitrogens is 3. The van der Waals surface area contributed by atoms with Gasteiger partial charge in [-0.2, -0.15) is 13.5 Å². The third kappa shape index (κ3) is 4.33. The molecule has 25 heavy (non-hydrogen) atoms. The highest BCUT2D eigenvalue weighted by Crippen LogP contribution is 2.22. The third-order valence-electron chi connectivity index (χ3n) is 4.47. The highest BCUT2D eigenvalue weighted by Gasteiger charge is 2.26. The van der Waals surface area contributed by atoms with E-state index in [0.717, 1.165) is 24.8 Å². The number of amides is 1. The van der Waals surface area contributed by atoms with E-state index in [1.54, 1.807) is 16.9 Å². The minimum absolute atomic E-state index is 0.0625. The van der Waals surface area contributed by atoms with Crippen LogP contribution in [0.5, 0.6) is 0 Å². The number of carbonyl (C=O) groups is 1. The Kier molecular flexibility index (Phi) is 5.02. The van der Waals surface area contributed by atoms with Crippen molar-refractivity contribution in [2.24, 2.45) is 11.1 Å². The van der Waals surface area contributed by atoms with Crippen molar-refractivity contribution in [2.75, 3.05) is 19.6 Å². The molecule has 0 aromatic carbocycles. The zero-order valence-corrected chi connectivity index (χ0v) is 14.9. The SMILES string of the molecule is Cc1cnc2c(C(=O)N3CCC(CCNS(N)(=O)=O)CC3)cnn2c1. The lowest BCUT2D eigenvalue weighted by atomic mass is 9.93. The van der Waals surface area contributed by atoms with Crippen LogP contribution in [0.1, 0.15) is 35.2 Å². The number of nitrogens with one attached hydrogen (secondary N) is 1. The molecule has 10 heteroatoms. The van der Waals surface area contributed by atoms with Crippen molar-refractivity contribution < 1.29 is 13.2 Å². The summed E-state index contributed by atoms with van der Waals surface area (Å²) < 4.78 is 25.7. The average molecular weight is 366 g/mol. The molecular weight excluding hydrogens is 344 g/mol. The van der Waals surface area contributed by atoms with Crippen molar-refractivity contribution in [3.05, 3.63) is 29.7 Å². The molecule has 1 saturated heterocycles. The van der Waals surface area contributed by atoms with Gasteiger partial charge in [0.15, 0.2) is 5.65 Å². The molecule has 0 aliphatic carbocycles. The van der Waals surface area contributed by atoms with Gasteiger partial charge >= 0.3 is 0 Å². The maximum Gasteiger partial charge on any atom is 0.274 e. The Morgan fingerprint density at radius 2 is 2.08 bits per heavy atom. The van der Waals surface area contributed by atoms with Crippen molar-refractivity contribution in [3.8, 4) is 0 Å². The highest BCUT2D eigenvalue weighted by molar-refractivity contribution is 7.87. The van der Waals surface area contributed by atoms with Gasteiger partial charge in [0, 0.05) is 32.0 Å². The molecule has 9 nitrogen and oxygen atoms in total. The van der Waals surface area contributed by atoms with Gasteiger partial charge in [-0.25, -0.2) is 19.4 Å². The molecule has 1 aliphatic rings. The van der Waals surface area contributed by atoms with E-state index in [0.29, 0.717) is 36.8 Å². The normalized spacial score (nSPS) is 16.5. The minimum atomic E-state index is -3.63. The molecule has 136 valence electrons. The summed E-state index contributed by atoms with van der Waals surface area (Å²) in [5.74, 6) is 0.315. The van der Waals surface area contributed by atoms with Crippen LogP contribution in [0, 0.1) is 12.8 Å². The molecule has 0 radical (unpaired) electrons. The summed E-state index contributed by atoms with van der Waals surface area (Å²) in [5.41, 5.74) is 2.05. The first kappa shape index (κ1) is 17.8. The van der Waals surface area contributed by atoms with Crippen LogP contribution in [-0.2, 0) is 10.2 Å². The fourth-order valence-corrected chi connectivity index (χ4v) is 3.52. The van der Waals surface area contributed by atoms with Crippen LogP contribution < -0.4 is 9.86 Å². The molecule has 0 saturated carbocycles. The Labute approximate surface area is 146 Å². The van der Waals surface area contributed by atoms with Gasteiger partial charge < -0.3 is 4.90 Å². The number of piperidine rings is 1. The van der Waals surface area contributed by atoms with E-state index in [2.05, 4.69) is 14.8 Å². The predicted molar refractivity (Wildman–Crippen MR) is 92.1 cm³/mol. The Balaban J connectivity index is 1.58. The quantitative estimate of drug-likeness (QED) is 0.775. The largest absolute Gasteiger partial charge is 0.338 e. The van der Waals surface area contributed by atoms with Crippen LogP contribution in [0.4, 0.5) is 0 Å². The molecule has 2 aromatic rings. The second kappa shape index (κ2) is 7.06. The standard InChI is InChI=1S/C15H22N6O3S/c1-11-8-17-14-13(9-18-21(14)10-11)15(22)20-6-3-12(4-7-20)2-5-19-25(16,23)24/h8-10,12,19H,2-7H2,1H3,(H2,16,23,24). The monoisotopic (exact) mass is 366 g/mol. The molecule has 3 rings (SSSR count). The van der Waals surface area contributed by atoms with E-state index >= 15 is 0 Å². The second-order valence-electron chi connectivity index (χ2n) is 6.42. The van der Waals surface area contributed by atoms with E-state index in [1.165, 1.54) is 0 Å². The molecule has 2 aromatic heterocycles. The molecule has 0 unspecified atom stereocenters.